The minimum Gasteiger partial charge on any atom is -0.487 e. The van der Waals surface area contributed by atoms with Crippen molar-refractivity contribution in [1.82, 2.24) is 0 Å². The van der Waals surface area contributed by atoms with Crippen LogP contribution in [0.15, 0.2) is 94.4 Å². The molecule has 0 saturated carbocycles. The molecule has 16 nitrogen and oxygen atoms in total. The highest BCUT2D eigenvalue weighted by Gasteiger charge is 2.21. The molecule has 4 aliphatic rings. The van der Waals surface area contributed by atoms with Crippen molar-refractivity contribution in [2.45, 2.75) is 0 Å². The Morgan fingerprint density at radius 1 is 0.324 bits per heavy atom. The number of benzene rings is 5. The fourth-order valence-corrected chi connectivity index (χ4v) is 11.7. The summed E-state index contributed by atoms with van der Waals surface area (Å²) in [7, 11) is 0. The van der Waals surface area contributed by atoms with Gasteiger partial charge in [0.15, 0.2) is 23.0 Å². The van der Waals surface area contributed by atoms with Gasteiger partial charge in [-0.05, 0) is 116 Å². The van der Waals surface area contributed by atoms with Crippen LogP contribution in [0.1, 0.15) is 20.7 Å². The van der Waals surface area contributed by atoms with Gasteiger partial charge in [-0.3, -0.25) is 0 Å². The molecule has 4 heterocycles. The zero-order valence-electron chi connectivity index (χ0n) is 40.5. The maximum atomic E-state index is 14.0. The van der Waals surface area contributed by atoms with Crippen LogP contribution in [0.4, 0.5) is 0 Å². The molecule has 0 bridgehead atoms. The Kier molecular flexibility index (Phi) is 21.0. The molecule has 0 spiro atoms. The van der Waals surface area contributed by atoms with E-state index in [4.69, 9.17) is 66.3 Å². The van der Waals surface area contributed by atoms with Gasteiger partial charge in [-0.2, -0.15) is 0 Å². The van der Waals surface area contributed by atoms with Crippen LogP contribution in [0.25, 0.3) is 30.0 Å². The zero-order valence-corrected chi connectivity index (χ0v) is 43.8. The lowest BCUT2D eigenvalue weighted by atomic mass is 9.98. The topological polar surface area (TPSA) is 163 Å². The van der Waals surface area contributed by atoms with E-state index in [-0.39, 0.29) is 37.6 Å². The predicted octanol–water partition coefficient (Wildman–Crippen LogP) is 8.14. The van der Waals surface area contributed by atoms with Crippen LogP contribution < -0.4 is 38.9 Å². The number of hydrogen-bond donors (Lipinski definition) is 0. The lowest BCUT2D eigenvalue weighted by molar-refractivity contribution is -0.00842. The number of thioether (sulfide) groups is 4. The van der Waals surface area contributed by atoms with E-state index >= 15 is 0 Å². The van der Waals surface area contributed by atoms with Crippen molar-refractivity contribution in [1.29, 1.82) is 0 Å². The summed E-state index contributed by atoms with van der Waals surface area (Å²) in [4.78, 5) is 28.0. The summed E-state index contributed by atoms with van der Waals surface area (Å²) in [6.45, 7) is 7.56. The number of carbonyl (C=O) groups excluding carboxylic acids is 2. The molecule has 0 aromatic heterocycles. The molecule has 0 unspecified atom stereocenters. The van der Waals surface area contributed by atoms with Gasteiger partial charge in [0.2, 0.25) is 0 Å². The monoisotopic (exact) mass is 1090 g/mol. The van der Waals surface area contributed by atoms with Gasteiger partial charge >= 0.3 is 11.9 Å². The summed E-state index contributed by atoms with van der Waals surface area (Å²) in [5.74, 6) is 1.24. The lowest BCUT2D eigenvalue weighted by Crippen LogP contribution is -2.18. The van der Waals surface area contributed by atoms with Crippen LogP contribution in [0.5, 0.6) is 34.5 Å². The number of carbonyl (C=O) groups is 2. The molecule has 0 radical (unpaired) electrons. The Balaban J connectivity index is 0.979. The highest BCUT2D eigenvalue weighted by Crippen LogP contribution is 2.42. The quantitative estimate of drug-likeness (QED) is 0.0962. The van der Waals surface area contributed by atoms with Gasteiger partial charge in [0.05, 0.1) is 125 Å². The van der Waals surface area contributed by atoms with Crippen LogP contribution >= 0.6 is 47.0 Å². The Labute approximate surface area is 445 Å². The first-order chi connectivity index (χ1) is 36.6. The van der Waals surface area contributed by atoms with Crippen molar-refractivity contribution in [2.75, 3.05) is 132 Å². The van der Waals surface area contributed by atoms with Gasteiger partial charge in [0.25, 0.3) is 0 Å². The lowest BCUT2D eigenvalue weighted by Gasteiger charge is -2.16. The SMILES string of the molecule is O=C(Oc1ccc2c(=C3SC=CS3)c3cc(OC(=O)c4ccc5c(c4)OCCOCCOCCOCCOCCO5)ccc3c(=C3SC=CS3)c2c1)c1ccc2c(c1)OCCOCCOCCOCCOCCO2. The zero-order chi connectivity index (χ0) is 50.6. The van der Waals surface area contributed by atoms with E-state index in [2.05, 4.69) is 0 Å². The second-order valence-corrected chi connectivity index (χ2v) is 20.3. The van der Waals surface area contributed by atoms with Gasteiger partial charge in [0, 0.05) is 10.4 Å². The molecule has 4 aliphatic heterocycles. The number of fused-ring (bicyclic) bond motifs is 4. The van der Waals surface area contributed by atoms with Crippen LogP contribution in [0.3, 0.4) is 0 Å². The Morgan fingerprint density at radius 3 is 0.946 bits per heavy atom. The van der Waals surface area contributed by atoms with Gasteiger partial charge in [0.1, 0.15) is 37.9 Å². The molecular weight excluding hydrogens is 1030 g/mol. The molecule has 9 rings (SSSR count). The second kappa shape index (κ2) is 28.8. The molecule has 74 heavy (non-hydrogen) atoms. The third kappa shape index (κ3) is 15.1. The first-order valence-corrected chi connectivity index (χ1v) is 27.7. The highest BCUT2D eigenvalue weighted by molar-refractivity contribution is 8.35. The molecule has 0 saturated heterocycles. The summed E-state index contributed by atoms with van der Waals surface area (Å²) in [5.41, 5.74) is 0.551. The number of rotatable bonds is 4. The van der Waals surface area contributed by atoms with Crippen LogP contribution in [-0.4, -0.2) is 144 Å². The van der Waals surface area contributed by atoms with Crippen LogP contribution in [0.2, 0.25) is 0 Å². The first-order valence-electron chi connectivity index (χ1n) is 24.2. The molecule has 0 fully saturated rings. The third-order valence-electron chi connectivity index (χ3n) is 11.2. The van der Waals surface area contributed by atoms with Crippen molar-refractivity contribution >= 4 is 89.0 Å². The smallest absolute Gasteiger partial charge is 0.343 e. The van der Waals surface area contributed by atoms with Gasteiger partial charge in [-0.25, -0.2) is 9.59 Å². The molecule has 0 aliphatic carbocycles. The van der Waals surface area contributed by atoms with E-state index in [1.54, 1.807) is 95.6 Å². The maximum Gasteiger partial charge on any atom is 0.343 e. The first kappa shape index (κ1) is 53.9. The minimum absolute atomic E-state index is 0.221. The summed E-state index contributed by atoms with van der Waals surface area (Å²) in [5, 5.41) is 13.8. The van der Waals surface area contributed by atoms with Gasteiger partial charge in [-0.15, -0.1) is 0 Å². The van der Waals surface area contributed by atoms with E-state index in [1.807, 2.05) is 45.9 Å². The van der Waals surface area contributed by atoms with Gasteiger partial charge in [-0.1, -0.05) is 47.0 Å². The van der Waals surface area contributed by atoms with E-state index in [0.717, 1.165) is 40.5 Å². The largest absolute Gasteiger partial charge is 0.487 e. The molecule has 0 N–H and O–H groups in total. The highest BCUT2D eigenvalue weighted by atomic mass is 32.2. The average molecular weight is 1090 g/mol. The van der Waals surface area contributed by atoms with Crippen molar-refractivity contribution in [2.24, 2.45) is 0 Å². The van der Waals surface area contributed by atoms with Crippen molar-refractivity contribution in [3.8, 4) is 34.5 Å². The summed E-state index contributed by atoms with van der Waals surface area (Å²) < 4.78 is 83.4. The van der Waals surface area contributed by atoms with Crippen molar-refractivity contribution < 1.29 is 75.9 Å². The fraction of sp³-hybridized carbons (Fsp3) is 0.370. The molecule has 5 aromatic rings. The average Bonchev–Trinajstić information content (AvgIpc) is 4.16. The number of hydrogen-bond acceptors (Lipinski definition) is 20. The van der Waals surface area contributed by atoms with Crippen molar-refractivity contribution in [3.05, 3.63) is 116 Å². The molecule has 20 heteroatoms. The molecular formula is C54H56O16S4. The molecule has 0 atom stereocenters. The fourth-order valence-electron chi connectivity index (χ4n) is 7.83. The maximum absolute atomic E-state index is 14.0. The summed E-state index contributed by atoms with van der Waals surface area (Å²) in [6.07, 6.45) is 0. The summed E-state index contributed by atoms with van der Waals surface area (Å²) >= 11 is 6.47. The Bertz CT molecular complexity index is 2700. The standard InChI is InChI=1S/C54H56O16S4/c55-51(37-1-7-45-47(33-37)67-27-23-63-19-15-59-11-9-57-13-17-61-21-25-65-45)69-39-3-5-41-43(35-39)49(53-71-29-30-72-53)42-6-4-40(36-44(42)50(41)54-73-31-32-74-54)70-52(56)38-2-8-46-48(34-38)68-28-24-64-20-16-60-12-10-58-14-18-62-22-26-66-46/h1-8,29-36H,9-28H2. The summed E-state index contributed by atoms with van der Waals surface area (Å²) in [6, 6.07) is 21.3. The number of ether oxygens (including phenoxy) is 14. The van der Waals surface area contributed by atoms with E-state index in [1.165, 1.54) is 0 Å². The van der Waals surface area contributed by atoms with Crippen LogP contribution in [-0.2, 0) is 37.9 Å². The van der Waals surface area contributed by atoms with Gasteiger partial charge < -0.3 is 66.3 Å². The number of esters is 2. The van der Waals surface area contributed by atoms with Crippen molar-refractivity contribution in [3.63, 3.8) is 0 Å². The third-order valence-corrected chi connectivity index (χ3v) is 15.5. The van der Waals surface area contributed by atoms with E-state index in [9.17, 15) is 9.59 Å². The molecule has 5 aromatic carbocycles. The normalized spacial score (nSPS) is 18.5. The van der Waals surface area contributed by atoms with Crippen LogP contribution in [0, 0.1) is 0 Å². The molecule has 0 amide bonds. The Hall–Kier alpha value is -4.94. The Morgan fingerprint density at radius 2 is 0.622 bits per heavy atom. The van der Waals surface area contributed by atoms with E-state index in [0.29, 0.717) is 140 Å². The second-order valence-electron chi connectivity index (χ2n) is 16.2. The minimum atomic E-state index is -0.571. The molecule has 392 valence electrons. The predicted molar refractivity (Wildman–Crippen MR) is 287 cm³/mol. The van der Waals surface area contributed by atoms with E-state index < -0.39 is 11.9 Å².